The average Bonchev–Trinajstić information content (AvgIpc) is 3.24. The van der Waals surface area contributed by atoms with Crippen LogP contribution in [-0.4, -0.2) is 74.9 Å². The van der Waals surface area contributed by atoms with Crippen molar-refractivity contribution in [2.45, 2.75) is 64.7 Å². The topological polar surface area (TPSA) is 179 Å². The highest BCUT2D eigenvalue weighted by atomic mass is 32.2. The number of nitrogens with two attached hydrogens (primary N) is 1. The van der Waals surface area contributed by atoms with Gasteiger partial charge >= 0.3 is 5.97 Å². The summed E-state index contributed by atoms with van der Waals surface area (Å²) in [7, 11) is 0. The molecule has 33 heavy (non-hydrogen) atoms. The van der Waals surface area contributed by atoms with Crippen LogP contribution in [0.5, 0.6) is 0 Å². The molecule has 4 unspecified atom stereocenters. The van der Waals surface area contributed by atoms with Gasteiger partial charge in [-0.05, 0) is 30.3 Å². The van der Waals surface area contributed by atoms with Crippen molar-refractivity contribution in [1.29, 1.82) is 0 Å². The highest BCUT2D eigenvalue weighted by Crippen LogP contribution is 2.09. The van der Waals surface area contributed by atoms with Crippen molar-refractivity contribution in [2.24, 2.45) is 17.6 Å². The van der Waals surface area contributed by atoms with Crippen molar-refractivity contribution in [2.75, 3.05) is 12.0 Å². The van der Waals surface area contributed by atoms with Crippen LogP contribution in [0.4, 0.5) is 0 Å². The van der Waals surface area contributed by atoms with Crippen molar-refractivity contribution in [1.82, 2.24) is 25.9 Å². The van der Waals surface area contributed by atoms with Gasteiger partial charge in [-0.1, -0.05) is 27.7 Å². The number of aromatic nitrogens is 2. The molecule has 11 nitrogen and oxygen atoms in total. The summed E-state index contributed by atoms with van der Waals surface area (Å²) in [5.74, 6) is -2.82. The lowest BCUT2D eigenvalue weighted by molar-refractivity contribution is -0.143. The number of carboxylic acids is 1. The molecule has 0 aromatic carbocycles. The first-order valence-corrected chi connectivity index (χ1v) is 12.2. The van der Waals surface area contributed by atoms with E-state index in [0.29, 0.717) is 17.9 Å². The third kappa shape index (κ3) is 9.42. The predicted molar refractivity (Wildman–Crippen MR) is 126 cm³/mol. The van der Waals surface area contributed by atoms with Gasteiger partial charge in [0, 0.05) is 18.3 Å². The molecule has 0 radical (unpaired) electrons. The number of H-pyrrole nitrogens is 1. The molecule has 0 aliphatic heterocycles. The number of hydrogen-bond acceptors (Lipinski definition) is 7. The van der Waals surface area contributed by atoms with Gasteiger partial charge in [-0.25, -0.2) is 9.78 Å². The van der Waals surface area contributed by atoms with E-state index < -0.39 is 47.9 Å². The third-order valence-corrected chi connectivity index (χ3v) is 5.70. The Hall–Kier alpha value is -2.60. The standard InChI is InChI=1S/C21H36N6O5S/c1-11(2)16(20(30)27-17(12(3)4)21(31)32)26-19(29)15(6-7-33-5)25-18(28)14(22)8-13-9-23-10-24-13/h9-12,14-17H,6-8,22H2,1-5H3,(H,23,24)(H,25,28)(H,26,29)(H,27,30)(H,31,32). The molecule has 0 aliphatic carbocycles. The van der Waals surface area contributed by atoms with Crippen LogP contribution < -0.4 is 21.7 Å². The minimum absolute atomic E-state index is 0.228. The summed E-state index contributed by atoms with van der Waals surface area (Å²) in [6.07, 6.45) is 5.50. The lowest BCUT2D eigenvalue weighted by atomic mass is 9.99. The van der Waals surface area contributed by atoms with Gasteiger partial charge in [-0.3, -0.25) is 14.4 Å². The Kier molecular flexibility index (Phi) is 11.9. The zero-order valence-corrected chi connectivity index (χ0v) is 20.6. The molecule has 4 atom stereocenters. The van der Waals surface area contributed by atoms with Gasteiger partial charge in [0.2, 0.25) is 17.7 Å². The molecule has 3 amide bonds. The van der Waals surface area contributed by atoms with Gasteiger partial charge in [-0.2, -0.15) is 11.8 Å². The van der Waals surface area contributed by atoms with E-state index in [1.54, 1.807) is 33.9 Å². The summed E-state index contributed by atoms with van der Waals surface area (Å²) >= 11 is 1.51. The minimum Gasteiger partial charge on any atom is -0.480 e. The number of amides is 3. The van der Waals surface area contributed by atoms with Crippen molar-refractivity contribution < 1.29 is 24.3 Å². The van der Waals surface area contributed by atoms with E-state index in [4.69, 9.17) is 5.73 Å². The molecule has 7 N–H and O–H groups in total. The van der Waals surface area contributed by atoms with Crippen molar-refractivity contribution in [3.05, 3.63) is 18.2 Å². The maximum absolute atomic E-state index is 13.0. The van der Waals surface area contributed by atoms with Crippen LogP contribution in [0, 0.1) is 11.8 Å². The Bertz CT molecular complexity index is 786. The normalized spacial score (nSPS) is 14.9. The fourth-order valence-electron chi connectivity index (χ4n) is 3.05. The van der Waals surface area contributed by atoms with E-state index in [-0.39, 0.29) is 18.3 Å². The van der Waals surface area contributed by atoms with Gasteiger partial charge < -0.3 is 31.8 Å². The van der Waals surface area contributed by atoms with Crippen molar-refractivity contribution in [3.63, 3.8) is 0 Å². The number of carbonyl (C=O) groups is 4. The lowest BCUT2D eigenvalue weighted by Crippen LogP contribution is -2.59. The van der Waals surface area contributed by atoms with Gasteiger partial charge in [-0.15, -0.1) is 0 Å². The largest absolute Gasteiger partial charge is 0.480 e. The fourth-order valence-corrected chi connectivity index (χ4v) is 3.53. The molecule has 1 heterocycles. The quantitative estimate of drug-likeness (QED) is 0.211. The molecular formula is C21H36N6O5S. The molecule has 1 aromatic heterocycles. The Labute approximate surface area is 198 Å². The molecule has 1 rings (SSSR count). The van der Waals surface area contributed by atoms with Crippen LogP contribution >= 0.6 is 11.8 Å². The van der Waals surface area contributed by atoms with Crippen LogP contribution in [0.1, 0.15) is 39.8 Å². The summed E-state index contributed by atoms with van der Waals surface area (Å²) in [5.41, 5.74) is 6.67. The smallest absolute Gasteiger partial charge is 0.326 e. The molecule has 0 spiro atoms. The van der Waals surface area contributed by atoms with Crippen LogP contribution in [-0.2, 0) is 25.6 Å². The molecule has 12 heteroatoms. The van der Waals surface area contributed by atoms with Crippen LogP contribution in [0.15, 0.2) is 12.5 Å². The number of rotatable bonds is 14. The monoisotopic (exact) mass is 484 g/mol. The molecule has 1 aromatic rings. The first-order chi connectivity index (χ1) is 15.5. The Balaban J connectivity index is 2.88. The second kappa shape index (κ2) is 13.8. The maximum atomic E-state index is 13.0. The number of carboxylic acid groups (broad SMARTS) is 1. The highest BCUT2D eigenvalue weighted by Gasteiger charge is 2.32. The van der Waals surface area contributed by atoms with E-state index in [1.165, 1.54) is 18.1 Å². The zero-order chi connectivity index (χ0) is 25.1. The Morgan fingerprint density at radius 1 is 1.03 bits per heavy atom. The van der Waals surface area contributed by atoms with Gasteiger partial charge in [0.15, 0.2) is 0 Å². The predicted octanol–water partition coefficient (Wildman–Crippen LogP) is -0.116. The lowest BCUT2D eigenvalue weighted by Gasteiger charge is -2.27. The second-order valence-electron chi connectivity index (χ2n) is 8.53. The van der Waals surface area contributed by atoms with Gasteiger partial charge in [0.1, 0.15) is 18.1 Å². The minimum atomic E-state index is -1.15. The zero-order valence-electron chi connectivity index (χ0n) is 19.8. The molecular weight excluding hydrogens is 448 g/mol. The number of aliphatic carboxylic acids is 1. The first kappa shape index (κ1) is 28.4. The molecule has 0 saturated heterocycles. The van der Waals surface area contributed by atoms with Gasteiger partial charge in [0.25, 0.3) is 0 Å². The number of nitrogens with zero attached hydrogens (tertiary/aromatic N) is 1. The molecule has 0 saturated carbocycles. The molecule has 0 fully saturated rings. The number of nitrogens with one attached hydrogen (secondary N) is 4. The van der Waals surface area contributed by atoms with Crippen LogP contribution in [0.2, 0.25) is 0 Å². The third-order valence-electron chi connectivity index (χ3n) is 5.05. The first-order valence-electron chi connectivity index (χ1n) is 10.8. The molecule has 0 bridgehead atoms. The number of imidazole rings is 1. The SMILES string of the molecule is CSCCC(NC(=O)C(N)Cc1cnc[nH]1)C(=O)NC(C(=O)NC(C(=O)O)C(C)C)C(C)C. The van der Waals surface area contributed by atoms with Crippen molar-refractivity contribution >= 4 is 35.5 Å². The van der Waals surface area contributed by atoms with E-state index in [9.17, 15) is 24.3 Å². The Morgan fingerprint density at radius 2 is 1.64 bits per heavy atom. The van der Waals surface area contributed by atoms with E-state index in [2.05, 4.69) is 25.9 Å². The molecule has 0 aliphatic rings. The van der Waals surface area contributed by atoms with Crippen LogP contribution in [0.3, 0.4) is 0 Å². The maximum Gasteiger partial charge on any atom is 0.326 e. The van der Waals surface area contributed by atoms with Gasteiger partial charge in [0.05, 0.1) is 12.4 Å². The second-order valence-corrected chi connectivity index (χ2v) is 9.51. The van der Waals surface area contributed by atoms with E-state index in [0.717, 1.165) is 0 Å². The fraction of sp³-hybridized carbons (Fsp3) is 0.667. The summed E-state index contributed by atoms with van der Waals surface area (Å²) in [5, 5.41) is 17.2. The average molecular weight is 485 g/mol. The number of carbonyl (C=O) groups excluding carboxylic acids is 3. The van der Waals surface area contributed by atoms with Crippen molar-refractivity contribution in [3.8, 4) is 0 Å². The summed E-state index contributed by atoms with van der Waals surface area (Å²) in [6, 6.07) is -3.83. The summed E-state index contributed by atoms with van der Waals surface area (Å²) in [6.45, 7) is 6.85. The summed E-state index contributed by atoms with van der Waals surface area (Å²) < 4.78 is 0. The highest BCUT2D eigenvalue weighted by molar-refractivity contribution is 7.98. The number of thioether (sulfide) groups is 1. The van der Waals surface area contributed by atoms with E-state index >= 15 is 0 Å². The van der Waals surface area contributed by atoms with Crippen LogP contribution in [0.25, 0.3) is 0 Å². The number of hydrogen-bond donors (Lipinski definition) is 6. The Morgan fingerprint density at radius 3 is 2.12 bits per heavy atom. The molecule has 186 valence electrons. The summed E-state index contributed by atoms with van der Waals surface area (Å²) in [4.78, 5) is 56.6. The number of aromatic amines is 1. The van der Waals surface area contributed by atoms with E-state index in [1.807, 2.05) is 6.26 Å².